The topological polar surface area (TPSA) is 108 Å². The van der Waals surface area contributed by atoms with Crippen molar-refractivity contribution >= 4 is 5.91 Å². The Balaban J connectivity index is 2.67. The fraction of sp³-hybridized carbons (Fsp3) is 0.889. The third-order valence-corrected chi connectivity index (χ3v) is 2.42. The van der Waals surface area contributed by atoms with Gasteiger partial charge in [-0.3, -0.25) is 4.79 Å². The summed E-state index contributed by atoms with van der Waals surface area (Å²) in [6.07, 6.45) is -4.71. The van der Waals surface area contributed by atoms with Gasteiger partial charge in [-0.05, 0) is 0 Å². The molecule has 0 aliphatic carbocycles. The van der Waals surface area contributed by atoms with Crippen LogP contribution in [-0.4, -0.2) is 65.6 Å². The smallest absolute Gasteiger partial charge is 0.217 e. The minimum atomic E-state index is -1.37. The van der Waals surface area contributed by atoms with Crippen molar-refractivity contribution in [3.8, 4) is 0 Å². The van der Waals surface area contributed by atoms with Crippen LogP contribution in [0.5, 0.6) is 0 Å². The Hall–Kier alpha value is -0.730. The molecule has 0 spiro atoms. The number of rotatable bonds is 3. The molecular weight excluding hydrogens is 218 g/mol. The molecular formula is C9H17NO6. The van der Waals surface area contributed by atoms with E-state index in [1.54, 1.807) is 0 Å². The van der Waals surface area contributed by atoms with Crippen molar-refractivity contribution < 1.29 is 29.6 Å². The van der Waals surface area contributed by atoms with E-state index < -0.39 is 36.6 Å². The van der Waals surface area contributed by atoms with E-state index in [1.807, 2.05) is 0 Å². The highest BCUT2D eigenvalue weighted by Crippen LogP contribution is 2.20. The summed E-state index contributed by atoms with van der Waals surface area (Å²) in [5.74, 6) is -0.427. The normalized spacial score (nSPS) is 39.4. The first-order chi connectivity index (χ1) is 7.47. The summed E-state index contributed by atoms with van der Waals surface area (Å²) in [5.41, 5.74) is 0. The zero-order valence-corrected chi connectivity index (χ0v) is 9.16. The molecule has 4 N–H and O–H groups in total. The summed E-state index contributed by atoms with van der Waals surface area (Å²) >= 11 is 0. The second-order valence-corrected chi connectivity index (χ2v) is 3.73. The molecule has 1 aliphatic rings. The average Bonchev–Trinajstić information content (AvgIpc) is 2.21. The first-order valence-electron chi connectivity index (χ1n) is 4.93. The van der Waals surface area contributed by atoms with Crippen molar-refractivity contribution in [1.82, 2.24) is 5.32 Å². The molecule has 7 heteroatoms. The Morgan fingerprint density at radius 2 is 2.00 bits per heavy atom. The first kappa shape index (κ1) is 13.3. The largest absolute Gasteiger partial charge is 0.388 e. The van der Waals surface area contributed by atoms with Gasteiger partial charge in [0.15, 0.2) is 6.29 Å². The Kier molecular flexibility index (Phi) is 4.63. The highest BCUT2D eigenvalue weighted by Gasteiger charge is 2.44. The van der Waals surface area contributed by atoms with Crippen LogP contribution >= 0.6 is 0 Å². The zero-order chi connectivity index (χ0) is 12.3. The van der Waals surface area contributed by atoms with E-state index in [-0.39, 0.29) is 6.61 Å². The maximum absolute atomic E-state index is 10.8. The van der Waals surface area contributed by atoms with Gasteiger partial charge in [0.25, 0.3) is 0 Å². The van der Waals surface area contributed by atoms with Gasteiger partial charge in [0.1, 0.15) is 24.4 Å². The van der Waals surface area contributed by atoms with Gasteiger partial charge >= 0.3 is 0 Å². The number of hydrogen-bond acceptors (Lipinski definition) is 6. The van der Waals surface area contributed by atoms with Crippen LogP contribution in [0.1, 0.15) is 6.92 Å². The molecule has 0 radical (unpaired) electrons. The monoisotopic (exact) mass is 235 g/mol. The van der Waals surface area contributed by atoms with Crippen molar-refractivity contribution in [2.75, 3.05) is 13.7 Å². The van der Waals surface area contributed by atoms with Gasteiger partial charge in [-0.2, -0.15) is 0 Å². The molecule has 1 aliphatic heterocycles. The van der Waals surface area contributed by atoms with Gasteiger partial charge in [-0.15, -0.1) is 0 Å². The van der Waals surface area contributed by atoms with Crippen molar-refractivity contribution in [3.05, 3.63) is 0 Å². The van der Waals surface area contributed by atoms with Gasteiger partial charge in [0.2, 0.25) is 5.91 Å². The van der Waals surface area contributed by atoms with Crippen molar-refractivity contribution in [2.24, 2.45) is 0 Å². The molecule has 5 unspecified atom stereocenters. The molecule has 0 saturated carbocycles. The van der Waals surface area contributed by atoms with Crippen LogP contribution in [0.4, 0.5) is 0 Å². The quantitative estimate of drug-likeness (QED) is 0.433. The van der Waals surface area contributed by atoms with Gasteiger partial charge in [-0.1, -0.05) is 0 Å². The average molecular weight is 235 g/mol. The van der Waals surface area contributed by atoms with Crippen LogP contribution in [0, 0.1) is 0 Å². The molecule has 1 fully saturated rings. The molecule has 0 aromatic carbocycles. The molecule has 7 nitrogen and oxygen atoms in total. The van der Waals surface area contributed by atoms with Gasteiger partial charge in [0.05, 0.1) is 6.61 Å². The lowest BCUT2D eigenvalue weighted by molar-refractivity contribution is -0.255. The highest BCUT2D eigenvalue weighted by molar-refractivity contribution is 5.73. The summed E-state index contributed by atoms with van der Waals surface area (Å²) in [5, 5.41) is 31.2. The zero-order valence-electron chi connectivity index (χ0n) is 9.16. The maximum atomic E-state index is 10.8. The lowest BCUT2D eigenvalue weighted by atomic mass is 9.97. The van der Waals surface area contributed by atoms with Crippen LogP contribution in [0.15, 0.2) is 0 Å². The molecule has 1 saturated heterocycles. The molecule has 0 aromatic heterocycles. The highest BCUT2D eigenvalue weighted by atomic mass is 16.6. The molecule has 5 atom stereocenters. The van der Waals surface area contributed by atoms with Gasteiger partial charge in [0, 0.05) is 14.0 Å². The van der Waals surface area contributed by atoms with Crippen LogP contribution in [0.2, 0.25) is 0 Å². The first-order valence-corrected chi connectivity index (χ1v) is 4.93. The Labute approximate surface area is 93.0 Å². The number of carbonyl (C=O) groups is 1. The third kappa shape index (κ3) is 2.89. The number of aliphatic hydroxyl groups excluding tert-OH is 3. The van der Waals surface area contributed by atoms with E-state index in [2.05, 4.69) is 5.32 Å². The number of aliphatic hydroxyl groups is 3. The molecule has 16 heavy (non-hydrogen) atoms. The van der Waals surface area contributed by atoms with Crippen LogP contribution in [-0.2, 0) is 14.3 Å². The second kappa shape index (κ2) is 5.55. The van der Waals surface area contributed by atoms with Crippen LogP contribution in [0.25, 0.3) is 0 Å². The standard InChI is InChI=1S/C9H17NO6/c1-4(11)10-6-8(13)7(12)5(3-15-2)16-9(6)14/h5-9,12-14H,3H2,1-2H3,(H,10,11). The third-order valence-electron chi connectivity index (χ3n) is 2.42. The minimum Gasteiger partial charge on any atom is -0.388 e. The van der Waals surface area contributed by atoms with Crippen LogP contribution in [0.3, 0.4) is 0 Å². The van der Waals surface area contributed by atoms with Crippen molar-refractivity contribution in [2.45, 2.75) is 37.6 Å². The maximum Gasteiger partial charge on any atom is 0.217 e. The van der Waals surface area contributed by atoms with E-state index >= 15 is 0 Å². The molecule has 0 aromatic rings. The molecule has 0 bridgehead atoms. The minimum absolute atomic E-state index is 0.0437. The van der Waals surface area contributed by atoms with E-state index in [0.717, 1.165) is 0 Å². The summed E-state index contributed by atoms with van der Waals surface area (Å²) in [6.45, 7) is 1.29. The number of methoxy groups -OCH3 is 1. The lowest BCUT2D eigenvalue weighted by Crippen LogP contribution is -2.64. The number of amides is 1. The predicted octanol–water partition coefficient (Wildman–Crippen LogP) is -2.42. The van der Waals surface area contributed by atoms with Crippen molar-refractivity contribution in [3.63, 3.8) is 0 Å². The van der Waals surface area contributed by atoms with E-state index in [0.29, 0.717) is 0 Å². The Bertz CT molecular complexity index is 248. The van der Waals surface area contributed by atoms with Gasteiger partial charge < -0.3 is 30.1 Å². The SMILES string of the molecule is COCC1OC(O)C(NC(C)=O)C(O)C1O. The van der Waals surface area contributed by atoms with Gasteiger partial charge in [-0.25, -0.2) is 0 Å². The molecule has 1 amide bonds. The lowest BCUT2D eigenvalue weighted by Gasteiger charge is -2.40. The fourth-order valence-corrected chi connectivity index (χ4v) is 1.64. The van der Waals surface area contributed by atoms with Crippen molar-refractivity contribution in [1.29, 1.82) is 0 Å². The number of ether oxygens (including phenoxy) is 2. The summed E-state index contributed by atoms with van der Waals surface area (Å²) in [7, 11) is 1.41. The number of hydrogen-bond donors (Lipinski definition) is 4. The Morgan fingerprint density at radius 3 is 2.50 bits per heavy atom. The fourth-order valence-electron chi connectivity index (χ4n) is 1.64. The Morgan fingerprint density at radius 1 is 1.38 bits per heavy atom. The predicted molar refractivity (Wildman–Crippen MR) is 52.4 cm³/mol. The summed E-state index contributed by atoms with van der Waals surface area (Å²) in [4.78, 5) is 10.8. The van der Waals surface area contributed by atoms with Crippen LogP contribution < -0.4 is 5.32 Å². The molecule has 1 heterocycles. The number of nitrogens with one attached hydrogen (secondary N) is 1. The van der Waals surface area contributed by atoms with E-state index in [4.69, 9.17) is 9.47 Å². The van der Waals surface area contributed by atoms with E-state index in [1.165, 1.54) is 14.0 Å². The number of carbonyl (C=O) groups excluding carboxylic acids is 1. The summed E-state index contributed by atoms with van der Waals surface area (Å²) in [6, 6.07) is -1.04. The second-order valence-electron chi connectivity index (χ2n) is 3.73. The van der Waals surface area contributed by atoms with E-state index in [9.17, 15) is 20.1 Å². The summed E-state index contributed by atoms with van der Waals surface area (Å²) < 4.78 is 9.80. The molecule has 94 valence electrons. The molecule has 1 rings (SSSR count).